The lowest BCUT2D eigenvalue weighted by atomic mass is 10.2. The molecule has 6 heteroatoms. The van der Waals surface area contributed by atoms with Crippen molar-refractivity contribution in [3.63, 3.8) is 0 Å². The molecule has 1 N–H and O–H groups in total. The summed E-state index contributed by atoms with van der Waals surface area (Å²) in [5, 5.41) is 10.9. The molecule has 0 aliphatic carbocycles. The van der Waals surface area contributed by atoms with Gasteiger partial charge in [0.2, 0.25) is 5.89 Å². The van der Waals surface area contributed by atoms with E-state index >= 15 is 0 Å². The van der Waals surface area contributed by atoms with Gasteiger partial charge in [-0.25, -0.2) is 4.39 Å². The third-order valence-corrected chi connectivity index (χ3v) is 2.75. The van der Waals surface area contributed by atoms with Crippen LogP contribution in [0.1, 0.15) is 31.2 Å². The topological polar surface area (TPSA) is 60.2 Å². The normalized spacial score (nSPS) is 10.8. The second-order valence-electron chi connectivity index (χ2n) is 4.26. The molecule has 0 unspecified atom stereocenters. The molecule has 2 aromatic rings. The Kier molecular flexibility index (Phi) is 5.06. The molecule has 0 spiro atoms. The van der Waals surface area contributed by atoms with Crippen LogP contribution in [0.25, 0.3) is 0 Å². The number of halogens is 1. The van der Waals surface area contributed by atoms with Gasteiger partial charge >= 0.3 is 0 Å². The van der Waals surface area contributed by atoms with E-state index in [4.69, 9.17) is 9.15 Å². The number of benzene rings is 1. The van der Waals surface area contributed by atoms with Gasteiger partial charge in [0.1, 0.15) is 11.6 Å². The van der Waals surface area contributed by atoms with Crippen LogP contribution in [0.4, 0.5) is 4.39 Å². The minimum atomic E-state index is -0.281. The van der Waals surface area contributed by atoms with E-state index in [1.807, 2.05) is 13.8 Å². The lowest BCUT2D eigenvalue weighted by Gasteiger charge is -2.10. The van der Waals surface area contributed by atoms with E-state index in [0.717, 1.165) is 12.1 Å². The van der Waals surface area contributed by atoms with Crippen molar-refractivity contribution in [3.05, 3.63) is 41.4 Å². The van der Waals surface area contributed by atoms with E-state index in [2.05, 4.69) is 15.5 Å². The average Bonchev–Trinajstić information content (AvgIpc) is 2.92. The molecule has 1 heterocycles. The van der Waals surface area contributed by atoms with Gasteiger partial charge < -0.3 is 14.5 Å². The van der Waals surface area contributed by atoms with Crippen molar-refractivity contribution in [2.24, 2.45) is 0 Å². The molecule has 1 aromatic carbocycles. The standard InChI is InChI=1S/C14H18FN3O2/c1-3-13-17-18-14(20-13)9-19-12-6-5-11(15)7-10(12)8-16-4-2/h5-7,16H,3-4,8-9H2,1-2H3. The van der Waals surface area contributed by atoms with Crippen molar-refractivity contribution in [1.82, 2.24) is 15.5 Å². The number of nitrogens with zero attached hydrogens (tertiary/aromatic N) is 2. The van der Waals surface area contributed by atoms with Gasteiger partial charge in [-0.1, -0.05) is 13.8 Å². The van der Waals surface area contributed by atoms with Gasteiger partial charge in [0.05, 0.1) is 0 Å². The van der Waals surface area contributed by atoms with E-state index in [9.17, 15) is 4.39 Å². The first-order valence-corrected chi connectivity index (χ1v) is 6.66. The molecule has 0 aliphatic rings. The lowest BCUT2D eigenvalue weighted by Crippen LogP contribution is -2.13. The first-order chi connectivity index (χ1) is 9.72. The Morgan fingerprint density at radius 2 is 2.05 bits per heavy atom. The highest BCUT2D eigenvalue weighted by Crippen LogP contribution is 2.20. The molecular weight excluding hydrogens is 261 g/mol. The van der Waals surface area contributed by atoms with Crippen molar-refractivity contribution in [1.29, 1.82) is 0 Å². The van der Waals surface area contributed by atoms with Crippen LogP contribution in [0.3, 0.4) is 0 Å². The number of hydrogen-bond acceptors (Lipinski definition) is 5. The predicted octanol–water partition coefficient (Wildman–Crippen LogP) is 2.46. The maximum absolute atomic E-state index is 13.3. The van der Waals surface area contributed by atoms with Crippen LogP contribution in [0.5, 0.6) is 5.75 Å². The summed E-state index contributed by atoms with van der Waals surface area (Å²) in [6.45, 7) is 5.46. The predicted molar refractivity (Wildman–Crippen MR) is 71.8 cm³/mol. The number of rotatable bonds is 7. The number of nitrogens with one attached hydrogen (secondary N) is 1. The van der Waals surface area contributed by atoms with Crippen LogP contribution in [0.2, 0.25) is 0 Å². The zero-order chi connectivity index (χ0) is 14.4. The largest absolute Gasteiger partial charge is 0.483 e. The average molecular weight is 279 g/mol. The number of aromatic nitrogens is 2. The summed E-state index contributed by atoms with van der Waals surface area (Å²) in [4.78, 5) is 0. The molecule has 2 rings (SSSR count). The third kappa shape index (κ3) is 3.77. The second kappa shape index (κ2) is 7.00. The third-order valence-electron chi connectivity index (χ3n) is 2.75. The first-order valence-electron chi connectivity index (χ1n) is 6.66. The number of hydrogen-bond donors (Lipinski definition) is 1. The van der Waals surface area contributed by atoms with E-state index in [1.165, 1.54) is 12.1 Å². The van der Waals surface area contributed by atoms with Crippen LogP contribution in [-0.4, -0.2) is 16.7 Å². The summed E-state index contributed by atoms with van der Waals surface area (Å²) in [6, 6.07) is 4.44. The molecule has 1 aromatic heterocycles. The van der Waals surface area contributed by atoms with Gasteiger partial charge in [-0.15, -0.1) is 10.2 Å². The summed E-state index contributed by atoms with van der Waals surface area (Å²) in [6.07, 6.45) is 0.690. The van der Waals surface area contributed by atoms with Crippen molar-refractivity contribution >= 4 is 0 Å². The van der Waals surface area contributed by atoms with Crippen molar-refractivity contribution < 1.29 is 13.5 Å². The number of ether oxygens (including phenoxy) is 1. The van der Waals surface area contributed by atoms with E-state index in [1.54, 1.807) is 6.07 Å². The fraction of sp³-hybridized carbons (Fsp3) is 0.429. The molecule has 0 amide bonds. The first kappa shape index (κ1) is 14.5. The highest BCUT2D eigenvalue weighted by Gasteiger charge is 2.09. The highest BCUT2D eigenvalue weighted by atomic mass is 19.1. The molecule has 0 saturated heterocycles. The zero-order valence-corrected chi connectivity index (χ0v) is 11.6. The zero-order valence-electron chi connectivity index (χ0n) is 11.6. The van der Waals surface area contributed by atoms with Crippen LogP contribution in [-0.2, 0) is 19.6 Å². The van der Waals surface area contributed by atoms with Crippen molar-refractivity contribution in [3.8, 4) is 5.75 Å². The molecule has 0 radical (unpaired) electrons. The van der Waals surface area contributed by atoms with Gasteiger partial charge in [0.25, 0.3) is 5.89 Å². The van der Waals surface area contributed by atoms with E-state index in [-0.39, 0.29) is 12.4 Å². The van der Waals surface area contributed by atoms with Crippen molar-refractivity contribution in [2.45, 2.75) is 33.4 Å². The molecule has 0 atom stereocenters. The van der Waals surface area contributed by atoms with E-state index < -0.39 is 0 Å². The summed E-state index contributed by atoms with van der Waals surface area (Å²) in [7, 11) is 0. The second-order valence-corrected chi connectivity index (χ2v) is 4.26. The van der Waals surface area contributed by atoms with Crippen LogP contribution in [0, 0.1) is 5.82 Å². The van der Waals surface area contributed by atoms with Gasteiger partial charge in [0.15, 0.2) is 6.61 Å². The quantitative estimate of drug-likeness (QED) is 0.843. The minimum absolute atomic E-state index is 0.178. The Labute approximate surface area is 117 Å². The Balaban J connectivity index is 2.04. The minimum Gasteiger partial charge on any atom is -0.483 e. The monoisotopic (exact) mass is 279 g/mol. The van der Waals surface area contributed by atoms with Gasteiger partial charge in [-0.3, -0.25) is 0 Å². The Hall–Kier alpha value is -1.95. The molecule has 20 heavy (non-hydrogen) atoms. The van der Waals surface area contributed by atoms with Gasteiger partial charge in [-0.2, -0.15) is 0 Å². The van der Waals surface area contributed by atoms with Crippen LogP contribution in [0.15, 0.2) is 22.6 Å². The Morgan fingerprint density at radius 3 is 2.75 bits per heavy atom. The summed E-state index contributed by atoms with van der Waals surface area (Å²) in [5.41, 5.74) is 0.766. The summed E-state index contributed by atoms with van der Waals surface area (Å²) >= 11 is 0. The summed E-state index contributed by atoms with van der Waals surface area (Å²) in [5.74, 6) is 1.33. The number of aryl methyl sites for hydroxylation is 1. The molecule has 0 bridgehead atoms. The molecule has 108 valence electrons. The fourth-order valence-electron chi connectivity index (χ4n) is 1.72. The van der Waals surface area contributed by atoms with Crippen molar-refractivity contribution in [2.75, 3.05) is 6.54 Å². The molecule has 5 nitrogen and oxygen atoms in total. The molecule has 0 fully saturated rings. The molecule has 0 aliphatic heterocycles. The Bertz CT molecular complexity index is 557. The lowest BCUT2D eigenvalue weighted by molar-refractivity contribution is 0.256. The van der Waals surface area contributed by atoms with E-state index in [0.29, 0.717) is 30.5 Å². The molecular formula is C14H18FN3O2. The highest BCUT2D eigenvalue weighted by molar-refractivity contribution is 5.33. The maximum atomic E-state index is 13.3. The smallest absolute Gasteiger partial charge is 0.253 e. The van der Waals surface area contributed by atoms with Crippen LogP contribution < -0.4 is 10.1 Å². The maximum Gasteiger partial charge on any atom is 0.253 e. The van der Waals surface area contributed by atoms with Gasteiger partial charge in [0, 0.05) is 18.5 Å². The van der Waals surface area contributed by atoms with Gasteiger partial charge in [-0.05, 0) is 24.7 Å². The molecule has 0 saturated carbocycles. The summed E-state index contributed by atoms with van der Waals surface area (Å²) < 4.78 is 24.3. The fourth-order valence-corrected chi connectivity index (χ4v) is 1.72. The van der Waals surface area contributed by atoms with Crippen LogP contribution >= 0.6 is 0 Å². The SMILES string of the molecule is CCNCc1cc(F)ccc1OCc1nnc(CC)o1. The Morgan fingerprint density at radius 1 is 1.25 bits per heavy atom.